The van der Waals surface area contributed by atoms with Crippen LogP contribution in [0.5, 0.6) is 0 Å². The van der Waals surface area contributed by atoms with Gasteiger partial charge < -0.3 is 5.73 Å². The molecule has 2 aromatic heterocycles. The van der Waals surface area contributed by atoms with Crippen molar-refractivity contribution in [3.05, 3.63) is 42.1 Å². The average molecular weight is 213 g/mol. The Morgan fingerprint density at radius 2 is 2.25 bits per heavy atom. The first-order chi connectivity index (χ1) is 7.72. The van der Waals surface area contributed by atoms with Crippen molar-refractivity contribution >= 4 is 0 Å². The van der Waals surface area contributed by atoms with E-state index in [0.717, 1.165) is 5.56 Å². The lowest BCUT2D eigenvalue weighted by molar-refractivity contribution is 0.807. The van der Waals surface area contributed by atoms with Crippen LogP contribution in [0.15, 0.2) is 30.7 Å². The highest BCUT2D eigenvalue weighted by Crippen LogP contribution is 2.11. The topological polar surface area (TPSA) is 80.5 Å². The highest BCUT2D eigenvalue weighted by Gasteiger charge is 2.05. The lowest BCUT2D eigenvalue weighted by Crippen LogP contribution is -2.06. The van der Waals surface area contributed by atoms with Gasteiger partial charge in [-0.2, -0.15) is 5.26 Å². The van der Waals surface area contributed by atoms with Crippen LogP contribution in [0.3, 0.4) is 0 Å². The number of hydrogen-bond acceptors (Lipinski definition) is 4. The second-order valence-corrected chi connectivity index (χ2v) is 3.47. The summed E-state index contributed by atoms with van der Waals surface area (Å²) < 4.78 is 1.63. The van der Waals surface area contributed by atoms with Gasteiger partial charge in [-0.3, -0.25) is 4.57 Å². The maximum absolute atomic E-state index is 8.83. The van der Waals surface area contributed by atoms with Gasteiger partial charge >= 0.3 is 0 Å². The molecule has 0 unspecified atom stereocenters. The molecule has 2 heterocycles. The van der Waals surface area contributed by atoms with E-state index in [0.29, 0.717) is 11.6 Å². The fourth-order valence-electron chi connectivity index (χ4n) is 1.38. The maximum atomic E-state index is 8.83. The predicted octanol–water partition coefficient (Wildman–Crippen LogP) is 1.16. The first-order valence-corrected chi connectivity index (χ1v) is 4.87. The van der Waals surface area contributed by atoms with E-state index < -0.39 is 0 Å². The molecular formula is C11H11N5. The van der Waals surface area contributed by atoms with Crippen molar-refractivity contribution in [1.82, 2.24) is 14.5 Å². The molecule has 0 spiro atoms. The fourth-order valence-corrected chi connectivity index (χ4v) is 1.38. The summed E-state index contributed by atoms with van der Waals surface area (Å²) in [6, 6.07) is 5.67. The summed E-state index contributed by atoms with van der Waals surface area (Å²) in [5, 5.41) is 8.83. The minimum Gasteiger partial charge on any atom is -0.324 e. The number of nitriles is 1. The van der Waals surface area contributed by atoms with Gasteiger partial charge in [-0.15, -0.1) is 0 Å². The molecule has 0 aromatic carbocycles. The molecule has 0 aliphatic rings. The molecular weight excluding hydrogens is 202 g/mol. The molecule has 16 heavy (non-hydrogen) atoms. The van der Waals surface area contributed by atoms with Gasteiger partial charge in [-0.25, -0.2) is 9.97 Å². The van der Waals surface area contributed by atoms with Crippen molar-refractivity contribution in [3.63, 3.8) is 0 Å². The van der Waals surface area contributed by atoms with Gasteiger partial charge in [0.1, 0.15) is 11.9 Å². The second-order valence-electron chi connectivity index (χ2n) is 3.47. The Hall–Kier alpha value is -2.19. The molecule has 1 atom stereocenters. The van der Waals surface area contributed by atoms with Crippen LogP contribution in [-0.2, 0) is 0 Å². The summed E-state index contributed by atoms with van der Waals surface area (Å²) in [5.74, 6) is 0.986. The van der Waals surface area contributed by atoms with Crippen molar-refractivity contribution < 1.29 is 0 Å². The van der Waals surface area contributed by atoms with Crippen LogP contribution in [0.25, 0.3) is 5.82 Å². The molecule has 0 bridgehead atoms. The molecule has 0 radical (unpaired) electrons. The summed E-state index contributed by atoms with van der Waals surface area (Å²) >= 11 is 0. The van der Waals surface area contributed by atoms with Crippen LogP contribution in [0, 0.1) is 11.3 Å². The molecule has 0 saturated carbocycles. The number of pyridine rings is 1. The average Bonchev–Trinajstić information content (AvgIpc) is 2.77. The number of rotatable bonds is 2. The zero-order valence-electron chi connectivity index (χ0n) is 8.83. The monoisotopic (exact) mass is 213 g/mol. The third-order valence-electron chi connectivity index (χ3n) is 2.28. The van der Waals surface area contributed by atoms with Crippen LogP contribution >= 0.6 is 0 Å². The van der Waals surface area contributed by atoms with E-state index in [-0.39, 0.29) is 6.04 Å². The summed E-state index contributed by atoms with van der Waals surface area (Å²) in [5.41, 5.74) is 6.69. The van der Waals surface area contributed by atoms with E-state index in [9.17, 15) is 0 Å². The van der Waals surface area contributed by atoms with Crippen LogP contribution in [0.2, 0.25) is 0 Å². The molecule has 0 aliphatic carbocycles. The number of aromatic nitrogens is 3. The maximum Gasteiger partial charge on any atom is 0.218 e. The number of nitrogens with two attached hydrogens (primary N) is 1. The summed E-state index contributed by atoms with van der Waals surface area (Å²) in [4.78, 5) is 8.15. The molecule has 5 heteroatoms. The Bertz CT molecular complexity index is 518. The van der Waals surface area contributed by atoms with Gasteiger partial charge in [0.15, 0.2) is 0 Å². The van der Waals surface area contributed by atoms with E-state index in [1.807, 2.05) is 25.1 Å². The van der Waals surface area contributed by atoms with E-state index >= 15 is 0 Å². The van der Waals surface area contributed by atoms with E-state index in [1.165, 1.54) is 0 Å². The van der Waals surface area contributed by atoms with Gasteiger partial charge in [0, 0.05) is 24.6 Å². The predicted molar refractivity (Wildman–Crippen MR) is 58.7 cm³/mol. The van der Waals surface area contributed by atoms with Gasteiger partial charge in [-0.1, -0.05) is 6.07 Å². The van der Waals surface area contributed by atoms with Crippen molar-refractivity contribution in [3.8, 4) is 11.9 Å². The van der Waals surface area contributed by atoms with E-state index in [4.69, 9.17) is 11.0 Å². The van der Waals surface area contributed by atoms with Crippen LogP contribution in [-0.4, -0.2) is 14.5 Å². The minimum absolute atomic E-state index is 0.0419. The quantitative estimate of drug-likeness (QED) is 0.811. The summed E-state index contributed by atoms with van der Waals surface area (Å²) in [6.45, 7) is 1.90. The highest BCUT2D eigenvalue weighted by atomic mass is 15.1. The Balaban J connectivity index is 2.39. The van der Waals surface area contributed by atoms with Crippen molar-refractivity contribution in [2.24, 2.45) is 5.73 Å². The number of hydrogen-bond donors (Lipinski definition) is 1. The molecule has 5 nitrogen and oxygen atoms in total. The van der Waals surface area contributed by atoms with Gasteiger partial charge in [0.2, 0.25) is 5.82 Å². The summed E-state index contributed by atoms with van der Waals surface area (Å²) in [7, 11) is 0. The zero-order valence-corrected chi connectivity index (χ0v) is 8.83. The number of imidazole rings is 1. The Labute approximate surface area is 93.2 Å². The minimum atomic E-state index is -0.0419. The third kappa shape index (κ3) is 1.78. The third-order valence-corrected chi connectivity index (χ3v) is 2.28. The SMILES string of the molecule is C[C@@H](N)c1ccc(-n2ccnc2C#N)nc1. The molecule has 0 fully saturated rings. The van der Waals surface area contributed by atoms with Gasteiger partial charge in [-0.05, 0) is 18.6 Å². The lowest BCUT2D eigenvalue weighted by atomic mass is 10.1. The van der Waals surface area contributed by atoms with Crippen LogP contribution in [0.4, 0.5) is 0 Å². The van der Waals surface area contributed by atoms with Crippen molar-refractivity contribution in [2.75, 3.05) is 0 Å². The number of nitrogens with zero attached hydrogens (tertiary/aromatic N) is 4. The lowest BCUT2D eigenvalue weighted by Gasteiger charge is -2.06. The second kappa shape index (κ2) is 4.13. The molecule has 2 N–H and O–H groups in total. The molecule has 80 valence electrons. The highest BCUT2D eigenvalue weighted by molar-refractivity contribution is 5.31. The normalized spacial score (nSPS) is 12.1. The molecule has 2 aromatic rings. The first-order valence-electron chi connectivity index (χ1n) is 4.87. The Kier molecular flexibility index (Phi) is 2.66. The van der Waals surface area contributed by atoms with Crippen LogP contribution < -0.4 is 5.73 Å². The zero-order chi connectivity index (χ0) is 11.5. The van der Waals surface area contributed by atoms with Crippen molar-refractivity contribution in [2.45, 2.75) is 13.0 Å². The van der Waals surface area contributed by atoms with Crippen LogP contribution in [0.1, 0.15) is 24.4 Å². The Morgan fingerprint density at radius 1 is 1.44 bits per heavy atom. The molecule has 2 rings (SSSR count). The molecule has 0 amide bonds. The summed E-state index contributed by atoms with van der Waals surface area (Å²) in [6.07, 6.45) is 4.98. The van der Waals surface area contributed by atoms with Gasteiger partial charge in [0.25, 0.3) is 0 Å². The fraction of sp³-hybridized carbons (Fsp3) is 0.182. The smallest absolute Gasteiger partial charge is 0.218 e. The standard InChI is InChI=1S/C11H11N5/c1-8(13)9-2-3-10(15-7-9)16-5-4-14-11(16)6-12/h2-5,7-8H,13H2,1H3/t8-/m1/s1. The van der Waals surface area contributed by atoms with E-state index in [1.54, 1.807) is 23.2 Å². The Morgan fingerprint density at radius 3 is 2.81 bits per heavy atom. The van der Waals surface area contributed by atoms with Crippen molar-refractivity contribution in [1.29, 1.82) is 5.26 Å². The molecule has 0 saturated heterocycles. The van der Waals surface area contributed by atoms with Gasteiger partial charge in [0.05, 0.1) is 0 Å². The largest absolute Gasteiger partial charge is 0.324 e. The molecule has 0 aliphatic heterocycles. The van der Waals surface area contributed by atoms with E-state index in [2.05, 4.69) is 9.97 Å². The first kappa shape index (κ1) is 10.3.